The summed E-state index contributed by atoms with van der Waals surface area (Å²) in [4.78, 5) is 9.27. The Kier molecular flexibility index (Phi) is 7.18. The number of pyridine rings is 1. The average Bonchev–Trinajstić information content (AvgIpc) is 3.42. The van der Waals surface area contributed by atoms with Gasteiger partial charge in [-0.25, -0.2) is 9.19 Å². The maximum Gasteiger partial charge on any atom is 0.157 e. The van der Waals surface area contributed by atoms with Gasteiger partial charge in [0.2, 0.25) is 0 Å². The highest BCUT2D eigenvalue weighted by molar-refractivity contribution is 7.78. The summed E-state index contributed by atoms with van der Waals surface area (Å²) in [6, 6.07) is 24.9. The Morgan fingerprint density at radius 1 is 1.00 bits per heavy atom. The van der Waals surface area contributed by atoms with Crippen molar-refractivity contribution in [1.29, 1.82) is 0 Å². The van der Waals surface area contributed by atoms with Crippen molar-refractivity contribution in [2.75, 3.05) is 0 Å². The predicted octanol–water partition coefficient (Wildman–Crippen LogP) is 7.79. The van der Waals surface area contributed by atoms with Crippen LogP contribution in [-0.2, 0) is 16.8 Å². The molecule has 5 aromatic rings. The molecule has 180 valence electrons. The van der Waals surface area contributed by atoms with E-state index in [0.717, 1.165) is 49.3 Å². The van der Waals surface area contributed by atoms with E-state index >= 15 is 0 Å². The number of hydrogen-bond donors (Lipinski definition) is 1. The first-order valence-electron chi connectivity index (χ1n) is 11.8. The zero-order chi connectivity index (χ0) is 25.1. The van der Waals surface area contributed by atoms with Gasteiger partial charge >= 0.3 is 0 Å². The molecule has 0 saturated carbocycles. The quantitative estimate of drug-likeness (QED) is 0.179. The molecule has 0 aliphatic heterocycles. The van der Waals surface area contributed by atoms with Crippen LogP contribution in [0, 0.1) is 0 Å². The van der Waals surface area contributed by atoms with Crippen molar-refractivity contribution in [3.8, 4) is 11.1 Å². The molecule has 0 aliphatic carbocycles. The minimum absolute atomic E-state index is 0.121. The van der Waals surface area contributed by atoms with Crippen LogP contribution < -0.4 is 0 Å². The highest BCUT2D eigenvalue weighted by Gasteiger charge is 2.12. The summed E-state index contributed by atoms with van der Waals surface area (Å²) in [6.45, 7) is 4.43. The van der Waals surface area contributed by atoms with Crippen LogP contribution in [0.2, 0.25) is 0 Å². The molecule has 1 unspecified atom stereocenters. The smallest absolute Gasteiger partial charge is 0.157 e. The third-order valence-corrected chi connectivity index (χ3v) is 7.51. The van der Waals surface area contributed by atoms with Crippen molar-refractivity contribution in [3.05, 3.63) is 118 Å². The van der Waals surface area contributed by atoms with Crippen LogP contribution in [0.1, 0.15) is 47.0 Å². The first kappa shape index (κ1) is 24.3. The lowest BCUT2D eigenvalue weighted by Gasteiger charge is -2.13. The van der Waals surface area contributed by atoms with Gasteiger partial charge in [-0.15, -0.1) is 11.3 Å². The van der Waals surface area contributed by atoms with Gasteiger partial charge in [0.25, 0.3) is 0 Å². The topological polar surface area (TPSA) is 63.1 Å². The number of aromatic nitrogens is 2. The van der Waals surface area contributed by atoms with Crippen molar-refractivity contribution >= 4 is 45.0 Å². The van der Waals surface area contributed by atoms with Gasteiger partial charge in [-0.1, -0.05) is 62.4 Å². The molecule has 4 nitrogen and oxygen atoms in total. The summed E-state index contributed by atoms with van der Waals surface area (Å²) in [5.41, 5.74) is 8.45. The molecule has 1 N–H and O–H groups in total. The molecule has 0 aliphatic rings. The third-order valence-electron chi connectivity index (χ3n) is 6.12. The molecule has 1 atom stereocenters. The molecule has 0 saturated heterocycles. The highest BCUT2D eigenvalue weighted by Crippen LogP contribution is 2.33. The van der Waals surface area contributed by atoms with E-state index in [1.54, 1.807) is 11.3 Å². The van der Waals surface area contributed by atoms with Crippen molar-refractivity contribution < 1.29 is 8.76 Å². The Bertz CT molecular complexity index is 1560. The largest absolute Gasteiger partial charge is 0.306 e. The monoisotopic (exact) mass is 510 g/mol. The van der Waals surface area contributed by atoms with E-state index in [1.807, 2.05) is 48.1 Å². The molecule has 2 heterocycles. The lowest BCUT2D eigenvalue weighted by molar-refractivity contribution is 0.563. The second kappa shape index (κ2) is 10.7. The number of hydrogen-bond acceptors (Lipinski definition) is 4. The van der Waals surface area contributed by atoms with E-state index in [0.29, 0.717) is 5.92 Å². The maximum absolute atomic E-state index is 11.2. The Morgan fingerprint density at radius 3 is 2.56 bits per heavy atom. The fourth-order valence-corrected chi connectivity index (χ4v) is 5.43. The van der Waals surface area contributed by atoms with Gasteiger partial charge in [-0.2, -0.15) is 0 Å². The summed E-state index contributed by atoms with van der Waals surface area (Å²) in [5.74, 6) is 0.537. The van der Waals surface area contributed by atoms with Crippen LogP contribution in [0.25, 0.3) is 33.7 Å². The number of benzene rings is 3. The molecule has 0 spiro atoms. The van der Waals surface area contributed by atoms with Crippen molar-refractivity contribution in [3.63, 3.8) is 0 Å². The Labute approximate surface area is 217 Å². The fraction of sp³-hybridized carbons (Fsp3) is 0.133. The molecule has 3 aromatic carbocycles. The molecular formula is C30H26N2O2S2. The molecule has 6 heteroatoms. The number of rotatable bonds is 7. The van der Waals surface area contributed by atoms with Crippen molar-refractivity contribution in [1.82, 2.24) is 9.97 Å². The zero-order valence-corrected chi connectivity index (χ0v) is 21.7. The Morgan fingerprint density at radius 2 is 1.83 bits per heavy atom. The number of thiazole rings is 1. The summed E-state index contributed by atoms with van der Waals surface area (Å²) in [7, 11) is 0. The van der Waals surface area contributed by atoms with Gasteiger partial charge in [0.1, 0.15) is 5.01 Å². The second-order valence-electron chi connectivity index (χ2n) is 8.98. The summed E-state index contributed by atoms with van der Waals surface area (Å²) in [5, 5.41) is 4.04. The molecule has 0 fully saturated rings. The second-order valence-corrected chi connectivity index (χ2v) is 10.8. The van der Waals surface area contributed by atoms with Crippen LogP contribution in [-0.4, -0.2) is 18.7 Å². The molecule has 5 rings (SSSR count). The molecule has 0 amide bonds. The van der Waals surface area contributed by atoms with Crippen LogP contribution in [0.5, 0.6) is 0 Å². The van der Waals surface area contributed by atoms with Gasteiger partial charge in [0.05, 0.1) is 11.3 Å². The standard InChI is InChI=1S/C30H26N2O2S2/c1-20(2)26-17-25-7-4-12-31-29(25)27(18-26)24-6-3-5-22(15-24)16-28(30-32-13-14-35-30)23-10-8-21(9-11-23)19-36(33)34/h3-18,20H,19H2,1-2H3,(H,33,34)/b28-16-. The Hall–Kier alpha value is -3.45. The predicted molar refractivity (Wildman–Crippen MR) is 151 cm³/mol. The minimum atomic E-state index is -1.86. The van der Waals surface area contributed by atoms with Gasteiger partial charge in [0, 0.05) is 34.3 Å². The lowest BCUT2D eigenvalue weighted by Crippen LogP contribution is -1.94. The van der Waals surface area contributed by atoms with Gasteiger partial charge in [0.15, 0.2) is 11.1 Å². The van der Waals surface area contributed by atoms with E-state index in [9.17, 15) is 8.76 Å². The maximum atomic E-state index is 11.2. The van der Waals surface area contributed by atoms with E-state index in [-0.39, 0.29) is 5.75 Å². The van der Waals surface area contributed by atoms with E-state index < -0.39 is 11.1 Å². The molecule has 36 heavy (non-hydrogen) atoms. The summed E-state index contributed by atoms with van der Waals surface area (Å²) >= 11 is -0.271. The van der Waals surface area contributed by atoms with Crippen molar-refractivity contribution in [2.24, 2.45) is 0 Å². The average molecular weight is 511 g/mol. The number of nitrogens with zero attached hydrogens (tertiary/aromatic N) is 2. The van der Waals surface area contributed by atoms with Gasteiger partial charge in [-0.3, -0.25) is 4.98 Å². The molecule has 0 radical (unpaired) electrons. The highest BCUT2D eigenvalue weighted by atomic mass is 32.2. The number of fused-ring (bicyclic) bond motifs is 1. The molecular weight excluding hydrogens is 484 g/mol. The summed E-state index contributed by atoms with van der Waals surface area (Å²) < 4.78 is 20.4. The fourth-order valence-electron chi connectivity index (χ4n) is 4.28. The van der Waals surface area contributed by atoms with Gasteiger partial charge < -0.3 is 4.55 Å². The van der Waals surface area contributed by atoms with Crippen LogP contribution in [0.15, 0.2) is 90.6 Å². The zero-order valence-electron chi connectivity index (χ0n) is 20.1. The summed E-state index contributed by atoms with van der Waals surface area (Å²) in [6.07, 6.45) is 5.81. The van der Waals surface area contributed by atoms with Crippen LogP contribution >= 0.6 is 11.3 Å². The molecule has 0 bridgehead atoms. The normalized spacial score (nSPS) is 12.8. The van der Waals surface area contributed by atoms with Crippen LogP contribution in [0.3, 0.4) is 0 Å². The Balaban J connectivity index is 1.60. The van der Waals surface area contributed by atoms with Crippen LogP contribution in [0.4, 0.5) is 0 Å². The first-order valence-corrected chi connectivity index (χ1v) is 13.9. The van der Waals surface area contributed by atoms with E-state index in [1.165, 1.54) is 5.56 Å². The van der Waals surface area contributed by atoms with Gasteiger partial charge in [-0.05, 0) is 64.1 Å². The molecule has 2 aromatic heterocycles. The SMILES string of the molecule is CC(C)c1cc(-c2cccc(/C=C(/c3ccc(CS(=O)O)cc3)c3nccs3)c2)c2ncccc2c1. The van der Waals surface area contributed by atoms with Crippen molar-refractivity contribution in [2.45, 2.75) is 25.5 Å². The third kappa shape index (κ3) is 5.36. The minimum Gasteiger partial charge on any atom is -0.306 e. The lowest BCUT2D eigenvalue weighted by atomic mass is 9.93. The first-order chi connectivity index (χ1) is 17.5. The van der Waals surface area contributed by atoms with E-state index in [2.05, 4.69) is 67.4 Å². The van der Waals surface area contributed by atoms with E-state index in [4.69, 9.17) is 4.98 Å².